The average molecular weight is 623 g/mol. The van der Waals surface area contributed by atoms with Crippen LogP contribution in [0, 0.1) is 0 Å². The Labute approximate surface area is 277 Å². The van der Waals surface area contributed by atoms with Crippen LogP contribution in [0.25, 0.3) is 22.3 Å². The Morgan fingerprint density at radius 2 is 0.739 bits per heavy atom. The molecule has 1 unspecified atom stereocenters. The standard InChI is InChI=1S/C42H54O4/c1-34(46-42-31-23-38(24-32-42)36-19-27-40(44)28-20-36)16-14-12-10-8-6-4-2-3-5-7-9-11-13-15-33-45-41-29-21-37(22-30-41)35-17-25-39(43)26-18-35/h17-32,34,43-44H,2-16,33H2,1H3. The molecular weight excluding hydrogens is 568 g/mol. The molecule has 246 valence electrons. The molecule has 0 aliphatic rings. The predicted molar refractivity (Wildman–Crippen MR) is 192 cm³/mol. The molecule has 1 atom stereocenters. The quantitative estimate of drug-likeness (QED) is 0.0856. The van der Waals surface area contributed by atoms with Crippen LogP contribution in [0.15, 0.2) is 97.1 Å². The average Bonchev–Trinajstić information content (AvgIpc) is 3.07. The molecule has 0 radical (unpaired) electrons. The van der Waals surface area contributed by atoms with Crippen LogP contribution in [0.3, 0.4) is 0 Å². The number of unbranched alkanes of at least 4 members (excludes halogenated alkanes) is 13. The van der Waals surface area contributed by atoms with Gasteiger partial charge in [-0.15, -0.1) is 0 Å². The second-order valence-corrected chi connectivity index (χ2v) is 12.7. The zero-order valence-corrected chi connectivity index (χ0v) is 27.8. The Balaban J connectivity index is 0.893. The molecule has 2 N–H and O–H groups in total. The molecule has 0 aliphatic carbocycles. The molecule has 0 fully saturated rings. The van der Waals surface area contributed by atoms with Crippen LogP contribution in [-0.4, -0.2) is 22.9 Å². The molecule has 0 aliphatic heterocycles. The first-order chi connectivity index (χ1) is 22.6. The summed E-state index contributed by atoms with van der Waals surface area (Å²) < 4.78 is 12.1. The molecule has 0 spiro atoms. The zero-order valence-electron chi connectivity index (χ0n) is 27.8. The Bertz CT molecular complexity index is 1350. The molecule has 4 heteroatoms. The third-order valence-electron chi connectivity index (χ3n) is 8.72. The molecule has 4 aromatic rings. The third-order valence-corrected chi connectivity index (χ3v) is 8.72. The van der Waals surface area contributed by atoms with Crippen molar-refractivity contribution in [3.8, 4) is 45.3 Å². The molecule has 4 aromatic carbocycles. The second kappa shape index (κ2) is 20.3. The van der Waals surface area contributed by atoms with E-state index in [9.17, 15) is 10.2 Å². The van der Waals surface area contributed by atoms with Crippen molar-refractivity contribution < 1.29 is 19.7 Å². The third kappa shape index (κ3) is 13.2. The van der Waals surface area contributed by atoms with Gasteiger partial charge >= 0.3 is 0 Å². The van der Waals surface area contributed by atoms with Crippen LogP contribution in [0.1, 0.15) is 103 Å². The lowest BCUT2D eigenvalue weighted by atomic mass is 10.0. The summed E-state index contributed by atoms with van der Waals surface area (Å²) in [5, 5.41) is 18.9. The van der Waals surface area contributed by atoms with Gasteiger partial charge in [0.05, 0.1) is 12.7 Å². The van der Waals surface area contributed by atoms with Gasteiger partial charge < -0.3 is 19.7 Å². The van der Waals surface area contributed by atoms with Crippen molar-refractivity contribution in [3.05, 3.63) is 97.1 Å². The number of hydrogen-bond acceptors (Lipinski definition) is 4. The highest BCUT2D eigenvalue weighted by Gasteiger charge is 2.06. The summed E-state index contributed by atoms with van der Waals surface area (Å²) in [6.45, 7) is 2.95. The fourth-order valence-corrected chi connectivity index (χ4v) is 5.91. The Kier molecular flexibility index (Phi) is 15.4. The largest absolute Gasteiger partial charge is 0.508 e. The highest BCUT2D eigenvalue weighted by Crippen LogP contribution is 2.26. The van der Waals surface area contributed by atoms with Crippen LogP contribution in [0.4, 0.5) is 0 Å². The number of hydrogen-bond donors (Lipinski definition) is 2. The summed E-state index contributed by atoms with van der Waals surface area (Å²) in [4.78, 5) is 0. The molecule has 4 rings (SSSR count). The van der Waals surface area contributed by atoms with Gasteiger partial charge in [-0.3, -0.25) is 0 Å². The molecule has 4 nitrogen and oxygen atoms in total. The second-order valence-electron chi connectivity index (χ2n) is 12.7. The number of phenols is 2. The molecule has 0 amide bonds. The minimum absolute atomic E-state index is 0.231. The van der Waals surface area contributed by atoms with Gasteiger partial charge in [0.15, 0.2) is 0 Å². The van der Waals surface area contributed by atoms with E-state index in [-0.39, 0.29) is 11.9 Å². The monoisotopic (exact) mass is 622 g/mol. The van der Waals surface area contributed by atoms with E-state index in [2.05, 4.69) is 31.2 Å². The highest BCUT2D eigenvalue weighted by molar-refractivity contribution is 5.65. The first-order valence-electron chi connectivity index (χ1n) is 17.7. The molecule has 46 heavy (non-hydrogen) atoms. The number of phenolic OH excluding ortho intramolecular Hbond substituents is 2. The van der Waals surface area contributed by atoms with Crippen molar-refractivity contribution in [1.29, 1.82) is 0 Å². The van der Waals surface area contributed by atoms with Crippen LogP contribution in [-0.2, 0) is 0 Å². The van der Waals surface area contributed by atoms with Crippen LogP contribution >= 0.6 is 0 Å². The van der Waals surface area contributed by atoms with Gasteiger partial charge in [-0.25, -0.2) is 0 Å². The zero-order chi connectivity index (χ0) is 32.2. The Morgan fingerprint density at radius 1 is 0.413 bits per heavy atom. The maximum absolute atomic E-state index is 9.48. The fraction of sp³-hybridized carbons (Fsp3) is 0.429. The molecule has 0 bridgehead atoms. The smallest absolute Gasteiger partial charge is 0.119 e. The van der Waals surface area contributed by atoms with Crippen molar-refractivity contribution >= 4 is 0 Å². The molecule has 0 aromatic heterocycles. The van der Waals surface area contributed by atoms with Gasteiger partial charge in [-0.2, -0.15) is 0 Å². The lowest BCUT2D eigenvalue weighted by Gasteiger charge is -2.15. The van der Waals surface area contributed by atoms with E-state index in [0.717, 1.165) is 53.2 Å². The van der Waals surface area contributed by atoms with E-state index in [4.69, 9.17) is 9.47 Å². The van der Waals surface area contributed by atoms with Gasteiger partial charge in [-0.05, 0) is 97.0 Å². The minimum atomic E-state index is 0.231. The number of rotatable bonds is 22. The van der Waals surface area contributed by atoms with Gasteiger partial charge in [0.2, 0.25) is 0 Å². The van der Waals surface area contributed by atoms with E-state index in [1.807, 2.05) is 48.5 Å². The van der Waals surface area contributed by atoms with E-state index in [1.165, 1.54) is 83.5 Å². The fourth-order valence-electron chi connectivity index (χ4n) is 5.91. The molecule has 0 saturated heterocycles. The summed E-state index contributed by atoms with van der Waals surface area (Å²) in [7, 11) is 0. The normalized spacial score (nSPS) is 11.8. The first kappa shape index (κ1) is 34.9. The van der Waals surface area contributed by atoms with Crippen molar-refractivity contribution in [1.82, 2.24) is 0 Å². The lowest BCUT2D eigenvalue weighted by molar-refractivity contribution is 0.206. The van der Waals surface area contributed by atoms with Crippen molar-refractivity contribution in [2.45, 2.75) is 109 Å². The van der Waals surface area contributed by atoms with Crippen molar-refractivity contribution in [3.63, 3.8) is 0 Å². The Hall–Kier alpha value is -3.92. The van der Waals surface area contributed by atoms with Crippen molar-refractivity contribution in [2.24, 2.45) is 0 Å². The topological polar surface area (TPSA) is 58.9 Å². The summed E-state index contributed by atoms with van der Waals surface area (Å²) in [6, 6.07) is 31.0. The maximum atomic E-state index is 9.48. The van der Waals surface area contributed by atoms with E-state index < -0.39 is 0 Å². The van der Waals surface area contributed by atoms with Gasteiger partial charge in [0.1, 0.15) is 23.0 Å². The van der Waals surface area contributed by atoms with E-state index >= 15 is 0 Å². The number of aromatic hydroxyl groups is 2. The minimum Gasteiger partial charge on any atom is -0.508 e. The van der Waals surface area contributed by atoms with Crippen LogP contribution < -0.4 is 9.47 Å². The first-order valence-corrected chi connectivity index (χ1v) is 17.7. The van der Waals surface area contributed by atoms with Crippen molar-refractivity contribution in [2.75, 3.05) is 6.61 Å². The highest BCUT2D eigenvalue weighted by atomic mass is 16.5. The number of benzene rings is 4. The molecule has 0 saturated carbocycles. The van der Waals surface area contributed by atoms with Gasteiger partial charge in [0.25, 0.3) is 0 Å². The van der Waals surface area contributed by atoms with Crippen LogP contribution in [0.5, 0.6) is 23.0 Å². The Morgan fingerprint density at radius 3 is 1.15 bits per heavy atom. The SMILES string of the molecule is CC(CCCCCCCCCCCCCCCCOc1ccc(-c2ccc(O)cc2)cc1)Oc1ccc(-c2ccc(O)cc2)cc1. The summed E-state index contributed by atoms with van der Waals surface area (Å²) in [6.07, 6.45) is 19.8. The summed E-state index contributed by atoms with van der Waals surface area (Å²) >= 11 is 0. The van der Waals surface area contributed by atoms with E-state index in [0.29, 0.717) is 5.75 Å². The summed E-state index contributed by atoms with van der Waals surface area (Å²) in [5.41, 5.74) is 4.44. The van der Waals surface area contributed by atoms with Gasteiger partial charge in [0, 0.05) is 0 Å². The predicted octanol–water partition coefficient (Wildman–Crippen LogP) is 12.1. The molecular formula is C42H54O4. The molecule has 0 heterocycles. The maximum Gasteiger partial charge on any atom is 0.119 e. The van der Waals surface area contributed by atoms with Gasteiger partial charge in [-0.1, -0.05) is 126 Å². The lowest BCUT2D eigenvalue weighted by Crippen LogP contribution is -2.11. The van der Waals surface area contributed by atoms with E-state index in [1.54, 1.807) is 24.3 Å². The summed E-state index contributed by atoms with van der Waals surface area (Å²) in [5.74, 6) is 2.43. The number of ether oxygens (including phenoxy) is 2. The van der Waals surface area contributed by atoms with Crippen LogP contribution in [0.2, 0.25) is 0 Å².